The van der Waals surface area contributed by atoms with Crippen molar-refractivity contribution < 1.29 is 8.78 Å². The first-order chi connectivity index (χ1) is 6.41. The second-order valence-electron chi connectivity index (χ2n) is 3.09. The maximum absolute atomic E-state index is 13.2. The molecule has 0 radical (unpaired) electrons. The highest BCUT2D eigenvalue weighted by molar-refractivity contribution is 7.65. The van der Waals surface area contributed by atoms with Crippen molar-refractivity contribution in [1.29, 1.82) is 0 Å². The third-order valence-electron chi connectivity index (χ3n) is 1.55. The van der Waals surface area contributed by atoms with Gasteiger partial charge in [0.05, 0.1) is 0 Å². The molecule has 0 spiro atoms. The molecular formula is C5H8Cl6F2Si2. The molecule has 0 fully saturated rings. The first-order valence-corrected chi connectivity index (χ1v) is 14.4. The van der Waals surface area contributed by atoms with Crippen molar-refractivity contribution in [3.63, 3.8) is 0 Å². The molecule has 0 bridgehead atoms. The Morgan fingerprint density at radius 1 is 0.733 bits per heavy atom. The van der Waals surface area contributed by atoms with Crippen LogP contribution in [0.5, 0.6) is 0 Å². The van der Waals surface area contributed by atoms with E-state index in [0.717, 1.165) is 0 Å². The van der Waals surface area contributed by atoms with Crippen LogP contribution in [0.15, 0.2) is 0 Å². The summed E-state index contributed by atoms with van der Waals surface area (Å²) in [6.45, 7) is 0. The molecule has 0 heterocycles. The molecule has 0 aliphatic heterocycles. The zero-order valence-corrected chi connectivity index (χ0v) is 13.9. The number of rotatable bonds is 6. The van der Waals surface area contributed by atoms with Gasteiger partial charge in [-0.1, -0.05) is 0 Å². The fourth-order valence-electron chi connectivity index (χ4n) is 0.774. The predicted molar refractivity (Wildman–Crippen MR) is 70.4 cm³/mol. The fraction of sp³-hybridized carbons (Fsp3) is 1.00. The lowest BCUT2D eigenvalue weighted by Crippen LogP contribution is -2.23. The van der Waals surface area contributed by atoms with E-state index in [1.165, 1.54) is 0 Å². The molecule has 0 rings (SSSR count). The summed E-state index contributed by atoms with van der Waals surface area (Å²) in [5.41, 5.74) is 0. The first-order valence-electron chi connectivity index (χ1n) is 3.93. The van der Waals surface area contributed by atoms with Gasteiger partial charge >= 0.3 is 12.0 Å². The molecule has 0 aliphatic carbocycles. The summed E-state index contributed by atoms with van der Waals surface area (Å²) in [5.74, 6) is -2.92. The van der Waals surface area contributed by atoms with Crippen LogP contribution < -0.4 is 0 Å². The number of hydrogen-bond acceptors (Lipinski definition) is 0. The SMILES string of the molecule is FC(F)(CC[Si](Cl)(Cl)Cl)CC[Si](Cl)(Cl)Cl. The summed E-state index contributed by atoms with van der Waals surface area (Å²) in [7, 11) is 0. The lowest BCUT2D eigenvalue weighted by atomic mass is 10.2. The van der Waals surface area contributed by atoms with Crippen molar-refractivity contribution in [2.45, 2.75) is 30.9 Å². The van der Waals surface area contributed by atoms with Crippen LogP contribution in [-0.4, -0.2) is 17.9 Å². The molecule has 0 aromatic carbocycles. The summed E-state index contributed by atoms with van der Waals surface area (Å²) in [4.78, 5) is 0. The van der Waals surface area contributed by atoms with E-state index >= 15 is 0 Å². The average Bonchev–Trinajstić information content (AvgIpc) is 1.96. The van der Waals surface area contributed by atoms with Crippen molar-refractivity contribution in [1.82, 2.24) is 0 Å². The van der Waals surface area contributed by atoms with E-state index in [0.29, 0.717) is 0 Å². The molecule has 0 nitrogen and oxygen atoms in total. The molecule has 0 unspecified atom stereocenters. The molecule has 0 saturated carbocycles. The Labute approximate surface area is 117 Å². The molecule has 15 heavy (non-hydrogen) atoms. The molecule has 0 atom stereocenters. The van der Waals surface area contributed by atoms with Gasteiger partial charge in [-0.05, 0) is 12.1 Å². The van der Waals surface area contributed by atoms with Gasteiger partial charge in [0.2, 0.25) is 5.92 Å². The fourth-order valence-corrected chi connectivity index (χ4v) is 3.77. The van der Waals surface area contributed by atoms with Gasteiger partial charge < -0.3 is 0 Å². The summed E-state index contributed by atoms with van der Waals surface area (Å²) in [5, 5.41) is 0. The van der Waals surface area contributed by atoms with E-state index < -0.39 is 30.8 Å². The quantitative estimate of drug-likeness (QED) is 0.412. The molecule has 0 amide bonds. The first kappa shape index (κ1) is 17.0. The average molecular weight is 375 g/mol. The highest BCUT2D eigenvalue weighted by Crippen LogP contribution is 2.37. The standard InChI is InChI=1S/C5H8Cl6F2Si2/c6-14(7,8)3-1-5(12,13)2-4-15(9,10)11/h1-4H2. The molecule has 10 heteroatoms. The van der Waals surface area contributed by atoms with E-state index in [-0.39, 0.29) is 12.1 Å². The van der Waals surface area contributed by atoms with Gasteiger partial charge in [0, 0.05) is 12.8 Å². The Morgan fingerprint density at radius 3 is 1.20 bits per heavy atom. The zero-order valence-electron chi connectivity index (χ0n) is 7.35. The molecule has 0 aromatic heterocycles. The number of halogens is 8. The van der Waals surface area contributed by atoms with Crippen molar-refractivity contribution in [2.75, 3.05) is 0 Å². The molecule has 0 saturated heterocycles. The van der Waals surface area contributed by atoms with E-state index in [1.54, 1.807) is 0 Å². The predicted octanol–water partition coefficient (Wildman–Crippen LogP) is 5.71. The van der Waals surface area contributed by atoms with Crippen LogP contribution >= 0.6 is 66.5 Å². The van der Waals surface area contributed by atoms with Crippen LogP contribution in [-0.2, 0) is 0 Å². The Hall–Kier alpha value is 2.03. The molecule has 92 valence electrons. The Bertz CT molecular complexity index is 181. The van der Waals surface area contributed by atoms with Crippen LogP contribution in [0.25, 0.3) is 0 Å². The van der Waals surface area contributed by atoms with Crippen molar-refractivity contribution in [2.24, 2.45) is 0 Å². The topological polar surface area (TPSA) is 0 Å². The second-order valence-corrected chi connectivity index (χ2v) is 21.6. The third-order valence-corrected chi connectivity index (χ3v) is 6.58. The zero-order chi connectivity index (χ0) is 12.3. The van der Waals surface area contributed by atoms with Crippen LogP contribution in [0.2, 0.25) is 12.1 Å². The lowest BCUT2D eigenvalue weighted by molar-refractivity contribution is -0.00643. The number of hydrogen-bond donors (Lipinski definition) is 0. The summed E-state index contributed by atoms with van der Waals surface area (Å²) in [6, 6.07) is -6.17. The minimum absolute atomic E-state index is 0.0912. The number of alkyl halides is 2. The van der Waals surface area contributed by atoms with E-state index in [4.69, 9.17) is 66.5 Å². The van der Waals surface area contributed by atoms with Gasteiger partial charge in [-0.25, -0.2) is 8.78 Å². The largest absolute Gasteiger partial charge is 0.341 e. The minimum atomic E-state index is -2.99. The smallest absolute Gasteiger partial charge is 0.207 e. The normalized spacial score (nSPS) is 14.4. The molecular weight excluding hydrogens is 367 g/mol. The second kappa shape index (κ2) is 6.27. The Balaban J connectivity index is 3.98. The highest BCUT2D eigenvalue weighted by Gasteiger charge is 2.38. The molecule has 0 aromatic rings. The van der Waals surface area contributed by atoms with Gasteiger partial charge in [-0.2, -0.15) is 0 Å². The van der Waals surface area contributed by atoms with Crippen molar-refractivity contribution >= 4 is 78.5 Å². The van der Waals surface area contributed by atoms with Gasteiger partial charge in [-0.3, -0.25) is 0 Å². The maximum atomic E-state index is 13.2. The maximum Gasteiger partial charge on any atom is 0.341 e. The summed E-state index contributed by atoms with van der Waals surface area (Å²) < 4.78 is 26.4. The van der Waals surface area contributed by atoms with Gasteiger partial charge in [0.15, 0.2) is 0 Å². The van der Waals surface area contributed by atoms with E-state index in [2.05, 4.69) is 0 Å². The van der Waals surface area contributed by atoms with Gasteiger partial charge in [0.25, 0.3) is 0 Å². The Kier molecular flexibility index (Phi) is 7.12. The van der Waals surface area contributed by atoms with Gasteiger partial charge in [0.1, 0.15) is 0 Å². The van der Waals surface area contributed by atoms with E-state index in [9.17, 15) is 8.78 Å². The van der Waals surface area contributed by atoms with Gasteiger partial charge in [-0.15, -0.1) is 66.5 Å². The van der Waals surface area contributed by atoms with Crippen molar-refractivity contribution in [3.8, 4) is 0 Å². The van der Waals surface area contributed by atoms with Crippen LogP contribution in [0.3, 0.4) is 0 Å². The highest BCUT2D eigenvalue weighted by atomic mass is 35.8. The van der Waals surface area contributed by atoms with Crippen LogP contribution in [0.1, 0.15) is 12.8 Å². The van der Waals surface area contributed by atoms with Crippen LogP contribution in [0.4, 0.5) is 8.78 Å². The van der Waals surface area contributed by atoms with E-state index in [1.807, 2.05) is 0 Å². The molecule has 0 aliphatic rings. The summed E-state index contributed by atoms with van der Waals surface area (Å²) in [6.07, 6.45) is -0.935. The van der Waals surface area contributed by atoms with Crippen LogP contribution in [0, 0.1) is 0 Å². The molecule has 0 N–H and O–H groups in total. The minimum Gasteiger partial charge on any atom is -0.207 e. The Morgan fingerprint density at radius 2 is 1.00 bits per heavy atom. The third kappa shape index (κ3) is 12.3. The lowest BCUT2D eigenvalue weighted by Gasteiger charge is -2.19. The summed E-state index contributed by atoms with van der Waals surface area (Å²) >= 11 is 33.0. The monoisotopic (exact) mass is 372 g/mol. The van der Waals surface area contributed by atoms with Crippen molar-refractivity contribution in [3.05, 3.63) is 0 Å².